The molecule has 0 saturated heterocycles. The molecule has 1 N–H and O–H groups in total. The number of halogens is 1. The van der Waals surface area contributed by atoms with Gasteiger partial charge in [0.25, 0.3) is 0 Å². The zero-order chi connectivity index (χ0) is 13.1. The zero-order valence-electron chi connectivity index (χ0n) is 10.2. The van der Waals surface area contributed by atoms with Gasteiger partial charge in [0, 0.05) is 15.0 Å². The lowest BCUT2D eigenvalue weighted by Crippen LogP contribution is -2.14. The van der Waals surface area contributed by atoms with E-state index in [0.29, 0.717) is 6.42 Å². The lowest BCUT2D eigenvalue weighted by molar-refractivity contribution is -0.115. The van der Waals surface area contributed by atoms with Crippen LogP contribution in [0.1, 0.15) is 16.1 Å². The summed E-state index contributed by atoms with van der Waals surface area (Å²) >= 11 is 4.96. The Morgan fingerprint density at radius 3 is 2.83 bits per heavy atom. The lowest BCUT2D eigenvalue weighted by atomic mass is 10.2. The fourth-order valence-corrected chi connectivity index (χ4v) is 2.67. The molecule has 3 nitrogen and oxygen atoms in total. The number of carbonyl (C=O) groups is 1. The van der Waals surface area contributed by atoms with E-state index in [0.717, 1.165) is 26.3 Å². The number of hydrogen-bond donors (Lipinski definition) is 1. The van der Waals surface area contributed by atoms with Gasteiger partial charge in [-0.1, -0.05) is 22.0 Å². The van der Waals surface area contributed by atoms with Gasteiger partial charge in [-0.2, -0.15) is 0 Å². The Morgan fingerprint density at radius 1 is 1.44 bits per heavy atom. The number of nitrogens with one attached hydrogen (secondary N) is 1. The quantitative estimate of drug-likeness (QED) is 0.935. The maximum Gasteiger partial charge on any atom is 0.229 e. The summed E-state index contributed by atoms with van der Waals surface area (Å²) in [5, 5.41) is 2.89. The molecule has 0 aliphatic heterocycles. The molecule has 0 aliphatic carbocycles. The Hall–Kier alpha value is -1.20. The second-order valence-corrected chi connectivity index (χ2v) is 5.84. The van der Waals surface area contributed by atoms with Crippen molar-refractivity contribution in [2.24, 2.45) is 0 Å². The minimum atomic E-state index is -0.0156. The molecule has 1 aromatic carbocycles. The topological polar surface area (TPSA) is 42.0 Å². The van der Waals surface area contributed by atoms with Crippen LogP contribution in [-0.4, -0.2) is 10.9 Å². The highest BCUT2D eigenvalue weighted by molar-refractivity contribution is 9.10. The Balaban J connectivity index is 2.03. The molecule has 2 rings (SSSR count). The van der Waals surface area contributed by atoms with Gasteiger partial charge in [-0.05, 0) is 31.5 Å². The molecule has 0 saturated carbocycles. The van der Waals surface area contributed by atoms with Crippen LogP contribution in [0.4, 0.5) is 5.69 Å². The summed E-state index contributed by atoms with van der Waals surface area (Å²) in [5.74, 6) is -0.0156. The number of aryl methyl sites for hydroxylation is 2. The Kier molecular flexibility index (Phi) is 4.14. The van der Waals surface area contributed by atoms with Crippen molar-refractivity contribution in [3.8, 4) is 0 Å². The van der Waals surface area contributed by atoms with Crippen LogP contribution >= 0.6 is 27.3 Å². The van der Waals surface area contributed by atoms with E-state index >= 15 is 0 Å². The summed E-state index contributed by atoms with van der Waals surface area (Å²) < 4.78 is 0.995. The maximum atomic E-state index is 11.9. The number of anilines is 1. The molecule has 0 bridgehead atoms. The monoisotopic (exact) mass is 324 g/mol. The van der Waals surface area contributed by atoms with Crippen LogP contribution in [-0.2, 0) is 11.2 Å². The van der Waals surface area contributed by atoms with E-state index in [2.05, 4.69) is 26.2 Å². The predicted octanol–water partition coefficient (Wildman–Crippen LogP) is 3.70. The van der Waals surface area contributed by atoms with Gasteiger partial charge in [0.15, 0.2) is 0 Å². The third-order valence-corrected chi connectivity index (χ3v) is 4.41. The van der Waals surface area contributed by atoms with E-state index in [1.54, 1.807) is 5.51 Å². The molecule has 1 aromatic heterocycles. The summed E-state index contributed by atoms with van der Waals surface area (Å²) in [6, 6.07) is 5.78. The van der Waals surface area contributed by atoms with Crippen LogP contribution in [0.5, 0.6) is 0 Å². The van der Waals surface area contributed by atoms with Gasteiger partial charge < -0.3 is 5.32 Å². The minimum absolute atomic E-state index is 0.0156. The fraction of sp³-hybridized carbons (Fsp3) is 0.231. The smallest absolute Gasteiger partial charge is 0.229 e. The average Bonchev–Trinajstić information content (AvgIpc) is 2.70. The summed E-state index contributed by atoms with van der Waals surface area (Å²) in [7, 11) is 0. The largest absolute Gasteiger partial charge is 0.326 e. The molecule has 94 valence electrons. The molecule has 0 atom stereocenters. The average molecular weight is 325 g/mol. The number of benzene rings is 1. The van der Waals surface area contributed by atoms with Gasteiger partial charge in [-0.25, -0.2) is 4.98 Å². The van der Waals surface area contributed by atoms with E-state index < -0.39 is 0 Å². The number of amides is 1. The number of aromatic nitrogens is 1. The van der Waals surface area contributed by atoms with Crippen LogP contribution in [0.2, 0.25) is 0 Å². The third kappa shape index (κ3) is 3.17. The standard InChI is InChI=1S/C13H13BrN2OS/c1-8-3-4-10(5-11(8)14)16-13(17)6-12-9(2)15-7-18-12/h3-5,7H,6H2,1-2H3,(H,16,17). The zero-order valence-corrected chi connectivity index (χ0v) is 12.6. The number of hydrogen-bond acceptors (Lipinski definition) is 3. The Bertz CT molecular complexity index is 580. The van der Waals surface area contributed by atoms with Crippen molar-refractivity contribution in [3.05, 3.63) is 44.3 Å². The number of thiazole rings is 1. The summed E-state index contributed by atoms with van der Waals surface area (Å²) in [4.78, 5) is 17.0. The first-order chi connectivity index (χ1) is 8.56. The first-order valence-electron chi connectivity index (χ1n) is 5.51. The van der Waals surface area contributed by atoms with Crippen molar-refractivity contribution in [2.45, 2.75) is 20.3 Å². The highest BCUT2D eigenvalue weighted by atomic mass is 79.9. The Labute approximate surface area is 118 Å². The van der Waals surface area contributed by atoms with Crippen LogP contribution in [0.25, 0.3) is 0 Å². The van der Waals surface area contributed by atoms with Gasteiger partial charge in [-0.3, -0.25) is 4.79 Å². The molecular formula is C13H13BrN2OS. The van der Waals surface area contributed by atoms with E-state index in [-0.39, 0.29) is 5.91 Å². The minimum Gasteiger partial charge on any atom is -0.326 e. The van der Waals surface area contributed by atoms with Crippen LogP contribution in [0.15, 0.2) is 28.2 Å². The van der Waals surface area contributed by atoms with Crippen LogP contribution in [0, 0.1) is 13.8 Å². The molecule has 0 spiro atoms. The van der Waals surface area contributed by atoms with Crippen LogP contribution in [0.3, 0.4) is 0 Å². The van der Waals surface area contributed by atoms with Crippen LogP contribution < -0.4 is 5.32 Å². The lowest BCUT2D eigenvalue weighted by Gasteiger charge is -2.06. The highest BCUT2D eigenvalue weighted by Crippen LogP contribution is 2.21. The normalized spacial score (nSPS) is 10.4. The number of rotatable bonds is 3. The molecule has 0 radical (unpaired) electrons. The first-order valence-corrected chi connectivity index (χ1v) is 7.18. The van der Waals surface area contributed by atoms with Crippen molar-refractivity contribution in [1.82, 2.24) is 4.98 Å². The molecule has 2 aromatic rings. The van der Waals surface area contributed by atoms with E-state index in [4.69, 9.17) is 0 Å². The van der Waals surface area contributed by atoms with Crippen molar-refractivity contribution < 1.29 is 4.79 Å². The van der Waals surface area contributed by atoms with Gasteiger partial charge in [-0.15, -0.1) is 11.3 Å². The fourth-order valence-electron chi connectivity index (χ4n) is 1.52. The molecule has 0 aliphatic rings. The van der Waals surface area contributed by atoms with Gasteiger partial charge in [0.2, 0.25) is 5.91 Å². The van der Waals surface area contributed by atoms with Gasteiger partial charge in [0.05, 0.1) is 17.6 Å². The molecule has 0 unspecified atom stereocenters. The molecular weight excluding hydrogens is 312 g/mol. The summed E-state index contributed by atoms with van der Waals surface area (Å²) in [5.41, 5.74) is 4.65. The molecule has 1 heterocycles. The van der Waals surface area contributed by atoms with Crippen molar-refractivity contribution >= 4 is 38.9 Å². The maximum absolute atomic E-state index is 11.9. The summed E-state index contributed by atoms with van der Waals surface area (Å²) in [6.45, 7) is 3.93. The predicted molar refractivity (Wildman–Crippen MR) is 78.1 cm³/mol. The number of carbonyl (C=O) groups excluding carboxylic acids is 1. The third-order valence-electron chi connectivity index (χ3n) is 2.62. The summed E-state index contributed by atoms with van der Waals surface area (Å²) in [6.07, 6.45) is 0.377. The second-order valence-electron chi connectivity index (χ2n) is 4.05. The Morgan fingerprint density at radius 2 is 2.22 bits per heavy atom. The molecule has 1 amide bonds. The van der Waals surface area contributed by atoms with Crippen molar-refractivity contribution in [2.75, 3.05) is 5.32 Å². The van der Waals surface area contributed by atoms with Gasteiger partial charge in [0.1, 0.15) is 0 Å². The van der Waals surface area contributed by atoms with Crippen molar-refractivity contribution in [1.29, 1.82) is 0 Å². The first kappa shape index (κ1) is 13.2. The van der Waals surface area contributed by atoms with E-state index in [9.17, 15) is 4.79 Å². The van der Waals surface area contributed by atoms with E-state index in [1.165, 1.54) is 11.3 Å². The molecule has 5 heteroatoms. The molecule has 0 fully saturated rings. The van der Waals surface area contributed by atoms with E-state index in [1.807, 2.05) is 32.0 Å². The highest BCUT2D eigenvalue weighted by Gasteiger charge is 2.09. The second kappa shape index (κ2) is 5.63. The van der Waals surface area contributed by atoms with Gasteiger partial charge >= 0.3 is 0 Å². The molecule has 18 heavy (non-hydrogen) atoms. The van der Waals surface area contributed by atoms with Crippen molar-refractivity contribution in [3.63, 3.8) is 0 Å². The SMILES string of the molecule is Cc1ccc(NC(=O)Cc2scnc2C)cc1Br. The number of nitrogens with zero attached hydrogens (tertiary/aromatic N) is 1.